The van der Waals surface area contributed by atoms with Crippen LogP contribution in [0, 0.1) is 6.92 Å². The van der Waals surface area contributed by atoms with Gasteiger partial charge in [-0.2, -0.15) is 15.4 Å². The fourth-order valence-electron chi connectivity index (χ4n) is 1.16. The minimum Gasteiger partial charge on any atom is -0.476 e. The van der Waals surface area contributed by atoms with E-state index in [-0.39, 0.29) is 5.69 Å². The number of rotatable bonds is 2. The third-order valence-corrected chi connectivity index (χ3v) is 1.84. The lowest BCUT2D eigenvalue weighted by Crippen LogP contribution is -1.99. The molecule has 2 rings (SSSR count). The van der Waals surface area contributed by atoms with Crippen molar-refractivity contribution in [2.24, 2.45) is 0 Å². The van der Waals surface area contributed by atoms with E-state index in [4.69, 9.17) is 5.11 Å². The van der Waals surface area contributed by atoms with Crippen LogP contribution in [0.15, 0.2) is 6.20 Å². The number of carbonyl (C=O) groups is 1. The molecule has 2 heterocycles. The Bertz CT molecular complexity index is 472. The van der Waals surface area contributed by atoms with Crippen LogP contribution in [0.5, 0.6) is 0 Å². The highest BCUT2D eigenvalue weighted by molar-refractivity contribution is 5.92. The summed E-state index contributed by atoms with van der Waals surface area (Å²) in [6.07, 6.45) is 1.51. The lowest BCUT2D eigenvalue weighted by molar-refractivity contribution is 0.0691. The third kappa shape index (κ3) is 1.15. The van der Waals surface area contributed by atoms with Gasteiger partial charge in [0.05, 0.1) is 6.20 Å². The molecule has 0 amide bonds. The van der Waals surface area contributed by atoms with Gasteiger partial charge in [-0.3, -0.25) is 5.10 Å². The number of nitrogens with zero attached hydrogens (tertiary/aromatic N) is 3. The predicted octanol–water partition coefficient (Wildman–Crippen LogP) is 0.201. The molecule has 2 aromatic rings. The van der Waals surface area contributed by atoms with Gasteiger partial charge < -0.3 is 5.11 Å². The number of carboxylic acid groups (broad SMARTS) is 1. The number of H-pyrrole nitrogens is 2. The van der Waals surface area contributed by atoms with Crippen molar-refractivity contribution in [3.63, 3.8) is 0 Å². The summed E-state index contributed by atoms with van der Waals surface area (Å²) in [7, 11) is 0. The molecule has 0 fully saturated rings. The van der Waals surface area contributed by atoms with Crippen molar-refractivity contribution in [1.82, 2.24) is 25.6 Å². The third-order valence-electron chi connectivity index (χ3n) is 1.84. The van der Waals surface area contributed by atoms with Gasteiger partial charge in [0.2, 0.25) is 0 Å². The fourth-order valence-corrected chi connectivity index (χ4v) is 1.16. The first-order valence-electron chi connectivity index (χ1n) is 3.84. The van der Waals surface area contributed by atoms with Crippen molar-refractivity contribution in [1.29, 1.82) is 0 Å². The van der Waals surface area contributed by atoms with E-state index in [0.717, 1.165) is 5.69 Å². The van der Waals surface area contributed by atoms with E-state index in [9.17, 15) is 4.79 Å². The molecule has 0 atom stereocenters. The molecule has 0 aliphatic heterocycles. The molecular formula is C7H7N5O2. The van der Waals surface area contributed by atoms with E-state index in [0.29, 0.717) is 11.3 Å². The second-order valence-corrected chi connectivity index (χ2v) is 2.73. The largest absolute Gasteiger partial charge is 0.476 e. The molecular weight excluding hydrogens is 186 g/mol. The highest BCUT2D eigenvalue weighted by Crippen LogP contribution is 2.20. The number of aromatic nitrogens is 5. The van der Waals surface area contributed by atoms with Crippen LogP contribution in [0.1, 0.15) is 16.2 Å². The van der Waals surface area contributed by atoms with E-state index in [1.807, 2.05) is 0 Å². The van der Waals surface area contributed by atoms with Gasteiger partial charge in [0.25, 0.3) is 0 Å². The Labute approximate surface area is 78.2 Å². The van der Waals surface area contributed by atoms with Gasteiger partial charge in [-0.15, -0.1) is 5.10 Å². The first kappa shape index (κ1) is 8.42. The molecule has 7 heteroatoms. The zero-order valence-corrected chi connectivity index (χ0v) is 7.27. The smallest absolute Gasteiger partial charge is 0.358 e. The van der Waals surface area contributed by atoms with Crippen molar-refractivity contribution in [3.05, 3.63) is 17.6 Å². The van der Waals surface area contributed by atoms with Crippen molar-refractivity contribution in [3.8, 4) is 11.3 Å². The molecule has 0 aliphatic carbocycles. The van der Waals surface area contributed by atoms with Crippen molar-refractivity contribution in [2.75, 3.05) is 0 Å². The topological polar surface area (TPSA) is 108 Å². The molecule has 0 aliphatic rings. The number of nitrogens with one attached hydrogen (secondary N) is 2. The summed E-state index contributed by atoms with van der Waals surface area (Å²) >= 11 is 0. The van der Waals surface area contributed by atoms with Gasteiger partial charge in [0.15, 0.2) is 5.69 Å². The Balaban J connectivity index is 2.57. The molecule has 0 saturated carbocycles. The van der Waals surface area contributed by atoms with Crippen LogP contribution < -0.4 is 0 Å². The first-order valence-corrected chi connectivity index (χ1v) is 3.84. The van der Waals surface area contributed by atoms with E-state index in [1.54, 1.807) is 6.92 Å². The molecule has 0 spiro atoms. The van der Waals surface area contributed by atoms with E-state index in [1.165, 1.54) is 6.20 Å². The van der Waals surface area contributed by atoms with Crippen LogP contribution in [0.2, 0.25) is 0 Å². The quantitative estimate of drug-likeness (QED) is 0.631. The molecule has 3 N–H and O–H groups in total. The number of aryl methyl sites for hydroxylation is 1. The Morgan fingerprint density at radius 1 is 1.50 bits per heavy atom. The highest BCUT2D eigenvalue weighted by atomic mass is 16.4. The monoisotopic (exact) mass is 193 g/mol. The fraction of sp³-hybridized carbons (Fsp3) is 0.143. The molecule has 0 radical (unpaired) electrons. The molecule has 2 aromatic heterocycles. The maximum atomic E-state index is 10.7. The lowest BCUT2D eigenvalue weighted by Gasteiger charge is -1.93. The Morgan fingerprint density at radius 2 is 2.29 bits per heavy atom. The van der Waals surface area contributed by atoms with Gasteiger partial charge in [-0.1, -0.05) is 0 Å². The molecule has 0 bridgehead atoms. The van der Waals surface area contributed by atoms with Gasteiger partial charge >= 0.3 is 5.97 Å². The summed E-state index contributed by atoms with van der Waals surface area (Å²) in [5.74, 6) is -1.12. The second kappa shape index (κ2) is 2.95. The summed E-state index contributed by atoms with van der Waals surface area (Å²) in [5.41, 5.74) is 1.58. The Morgan fingerprint density at radius 3 is 2.86 bits per heavy atom. The minimum absolute atomic E-state index is 0.102. The van der Waals surface area contributed by atoms with Gasteiger partial charge in [-0.25, -0.2) is 4.79 Å². The van der Waals surface area contributed by atoms with Crippen LogP contribution in [0.3, 0.4) is 0 Å². The van der Waals surface area contributed by atoms with Gasteiger partial charge in [0, 0.05) is 11.3 Å². The minimum atomic E-state index is -1.12. The summed E-state index contributed by atoms with van der Waals surface area (Å²) < 4.78 is 0. The highest BCUT2D eigenvalue weighted by Gasteiger charge is 2.18. The average molecular weight is 193 g/mol. The van der Waals surface area contributed by atoms with Crippen LogP contribution in [0.4, 0.5) is 0 Å². The van der Waals surface area contributed by atoms with Crippen LogP contribution >= 0.6 is 0 Å². The summed E-state index contributed by atoms with van der Waals surface area (Å²) in [6, 6.07) is 0. The molecule has 0 unspecified atom stereocenters. The maximum absolute atomic E-state index is 10.7. The first-order chi connectivity index (χ1) is 6.70. The molecule has 7 nitrogen and oxygen atoms in total. The summed E-state index contributed by atoms with van der Waals surface area (Å²) in [6.45, 7) is 1.78. The summed E-state index contributed by atoms with van der Waals surface area (Å²) in [5, 5.41) is 24.8. The average Bonchev–Trinajstić information content (AvgIpc) is 2.70. The molecule has 14 heavy (non-hydrogen) atoms. The van der Waals surface area contributed by atoms with Crippen LogP contribution in [-0.4, -0.2) is 36.7 Å². The molecule has 72 valence electrons. The van der Waals surface area contributed by atoms with E-state index in [2.05, 4.69) is 25.6 Å². The molecule has 0 saturated heterocycles. The number of hydrogen-bond donors (Lipinski definition) is 3. The normalized spacial score (nSPS) is 10.4. The van der Waals surface area contributed by atoms with Crippen LogP contribution in [0.25, 0.3) is 11.3 Å². The second-order valence-electron chi connectivity index (χ2n) is 2.73. The zero-order chi connectivity index (χ0) is 10.1. The lowest BCUT2D eigenvalue weighted by atomic mass is 10.1. The number of hydrogen-bond acceptors (Lipinski definition) is 4. The van der Waals surface area contributed by atoms with Crippen molar-refractivity contribution in [2.45, 2.75) is 6.92 Å². The number of aromatic carboxylic acids is 1. The number of carboxylic acids is 1. The van der Waals surface area contributed by atoms with Gasteiger partial charge in [0.1, 0.15) is 5.69 Å². The maximum Gasteiger partial charge on any atom is 0.358 e. The molecule has 0 aromatic carbocycles. The van der Waals surface area contributed by atoms with Crippen molar-refractivity contribution < 1.29 is 9.90 Å². The Kier molecular flexibility index (Phi) is 1.77. The van der Waals surface area contributed by atoms with Crippen molar-refractivity contribution >= 4 is 5.97 Å². The van der Waals surface area contributed by atoms with Crippen LogP contribution in [-0.2, 0) is 0 Å². The Hall–Kier alpha value is -2.18. The van der Waals surface area contributed by atoms with E-state index < -0.39 is 5.97 Å². The predicted molar refractivity (Wildman–Crippen MR) is 45.7 cm³/mol. The SMILES string of the molecule is Cc1[nH]ncc1-c1n[nH]nc1C(=O)O. The number of aromatic amines is 2. The van der Waals surface area contributed by atoms with Gasteiger partial charge in [-0.05, 0) is 6.92 Å². The standard InChI is InChI=1S/C7H7N5O2/c1-3-4(2-8-9-3)5-6(7(13)14)11-12-10-5/h2H,1H3,(H,8,9)(H,13,14)(H,10,11,12). The van der Waals surface area contributed by atoms with E-state index >= 15 is 0 Å². The zero-order valence-electron chi connectivity index (χ0n) is 7.27. The summed E-state index contributed by atoms with van der Waals surface area (Å²) in [4.78, 5) is 10.7.